The molecule has 6 rings (SSSR count). The van der Waals surface area contributed by atoms with E-state index in [1.165, 1.54) is 16.3 Å². The zero-order valence-corrected chi connectivity index (χ0v) is 24.4. The number of hydrogen-bond donors (Lipinski definition) is 0. The van der Waals surface area contributed by atoms with Crippen molar-refractivity contribution in [1.82, 2.24) is 9.55 Å². The first-order chi connectivity index (χ1) is 19.7. The summed E-state index contributed by atoms with van der Waals surface area (Å²) in [5.74, 6) is -0.0163. The highest BCUT2D eigenvalue weighted by atomic mass is 35.5. The van der Waals surface area contributed by atoms with E-state index in [2.05, 4.69) is 113 Å². The van der Waals surface area contributed by atoms with Crippen molar-refractivity contribution in [3.8, 4) is 0 Å². The first-order valence-corrected chi connectivity index (χ1v) is 15.2. The Morgan fingerprint density at radius 2 is 1.15 bits per heavy atom. The number of nitrogens with zero attached hydrogens (tertiary/aromatic N) is 2. The van der Waals surface area contributed by atoms with Crippen LogP contribution in [0, 0.1) is 0 Å². The number of hydrogen-bond acceptors (Lipinski definition) is 1. The molecule has 1 aromatic heterocycles. The average molecular weight is 553 g/mol. The van der Waals surface area contributed by atoms with E-state index in [0.717, 1.165) is 16.1 Å². The fraction of sp³-hybridized carbons (Fsp3) is 0.0571. The van der Waals surface area contributed by atoms with Crippen LogP contribution in [0.1, 0.15) is 28.1 Å². The van der Waals surface area contributed by atoms with Gasteiger partial charge in [-0.1, -0.05) is 150 Å². The molecule has 0 saturated heterocycles. The molecule has 40 heavy (non-hydrogen) atoms. The molecule has 0 aliphatic carbocycles. The van der Waals surface area contributed by atoms with E-state index in [0.29, 0.717) is 0 Å². The first kappa shape index (κ1) is 27.4. The van der Waals surface area contributed by atoms with Crippen LogP contribution >= 0.6 is 11.6 Å². The second-order valence-corrected chi connectivity index (χ2v) is 12.3. The fourth-order valence-corrected chi connectivity index (χ4v) is 7.89. The van der Waals surface area contributed by atoms with Gasteiger partial charge in [0, 0.05) is 17.4 Å². The van der Waals surface area contributed by atoms with E-state index in [1.807, 2.05) is 61.1 Å². The van der Waals surface area contributed by atoms with E-state index >= 15 is 0 Å². The Hall–Kier alpha value is -4.12. The van der Waals surface area contributed by atoms with Gasteiger partial charge in [-0.25, -0.2) is 4.98 Å². The van der Waals surface area contributed by atoms with Crippen molar-refractivity contribution in [2.45, 2.75) is 11.0 Å². The molecule has 2 radical (unpaired) electrons. The third-order valence-corrected chi connectivity index (χ3v) is 9.89. The summed E-state index contributed by atoms with van der Waals surface area (Å²) in [4.78, 5) is 4.36. The van der Waals surface area contributed by atoms with Crippen LogP contribution in [0.25, 0.3) is 0 Å². The van der Waals surface area contributed by atoms with Crippen LogP contribution in [0.4, 0.5) is 0 Å². The maximum Gasteiger partial charge on any atom is 0.0966 e. The minimum absolute atomic E-state index is 0.0163. The van der Waals surface area contributed by atoms with Gasteiger partial charge in [0.25, 0.3) is 0 Å². The third kappa shape index (κ3) is 6.36. The Kier molecular flexibility index (Phi) is 9.12. The lowest BCUT2D eigenvalue weighted by molar-refractivity contribution is 0.596. The molecule has 0 fully saturated rings. The van der Waals surface area contributed by atoms with Crippen LogP contribution in [0.3, 0.4) is 0 Å². The van der Waals surface area contributed by atoms with Gasteiger partial charge in [-0.05, 0) is 40.2 Å². The van der Waals surface area contributed by atoms with Gasteiger partial charge in [-0.3, -0.25) is 0 Å². The summed E-state index contributed by atoms with van der Waals surface area (Å²) in [6.07, 6.45) is 5.85. The summed E-state index contributed by atoms with van der Waals surface area (Å²) in [7, 11) is 5.26. The molecule has 194 valence electrons. The molecule has 5 heteroatoms. The highest BCUT2D eigenvalue weighted by Gasteiger charge is 2.36. The number of benzene rings is 5. The van der Waals surface area contributed by atoms with Crippen LogP contribution in [-0.2, 0) is 5.16 Å². The molecular weight excluding hydrogens is 523 g/mol. The molecule has 1 heterocycles. The molecule has 0 spiro atoms. The molecule has 0 N–H and O–H groups in total. The lowest BCUT2D eigenvalue weighted by Gasteiger charge is -2.37. The molecule has 0 saturated carbocycles. The largest absolute Gasteiger partial charge is 0.326 e. The standard InChI is InChI=1S/C22H19ClN2Si.C13H11B/c23-20-12-7-13-21(16-20)26-22(25-15-14-24-17-25,18-8-3-1-4-9-18)19-10-5-2-6-11-19;14-13(11-7-3-1-4-8-11)12-9-5-2-6-10-12/h1-17H,26H2;1-10,13H. The van der Waals surface area contributed by atoms with Gasteiger partial charge < -0.3 is 4.57 Å². The summed E-state index contributed by atoms with van der Waals surface area (Å²) in [6, 6.07) is 49.9. The fourth-order valence-electron chi connectivity index (χ4n) is 5.13. The Bertz CT molecular complexity index is 1500. The van der Waals surface area contributed by atoms with Gasteiger partial charge in [0.2, 0.25) is 0 Å². The third-order valence-electron chi connectivity index (χ3n) is 7.11. The van der Waals surface area contributed by atoms with Crippen LogP contribution in [0.15, 0.2) is 164 Å². The maximum atomic E-state index is 6.29. The monoisotopic (exact) mass is 552 g/mol. The molecule has 0 aliphatic heterocycles. The second-order valence-electron chi connectivity index (χ2n) is 9.67. The number of halogens is 1. The van der Waals surface area contributed by atoms with Gasteiger partial charge in [-0.2, -0.15) is 0 Å². The van der Waals surface area contributed by atoms with Crippen molar-refractivity contribution in [1.29, 1.82) is 0 Å². The van der Waals surface area contributed by atoms with Gasteiger partial charge in [-0.15, -0.1) is 0 Å². The zero-order valence-electron chi connectivity index (χ0n) is 22.2. The summed E-state index contributed by atoms with van der Waals surface area (Å²) in [5, 5.41) is 1.85. The number of imidazole rings is 1. The van der Waals surface area contributed by atoms with E-state index < -0.39 is 9.52 Å². The summed E-state index contributed by atoms with van der Waals surface area (Å²) in [6.45, 7) is 0. The molecular formula is C35H30BClN2Si. The number of rotatable bonds is 7. The quantitative estimate of drug-likeness (QED) is 0.201. The molecule has 5 aromatic carbocycles. The van der Waals surface area contributed by atoms with Crippen molar-refractivity contribution < 1.29 is 0 Å². The molecule has 0 unspecified atom stereocenters. The average Bonchev–Trinajstić information content (AvgIpc) is 3.57. The van der Waals surface area contributed by atoms with Gasteiger partial charge in [0.1, 0.15) is 0 Å². The van der Waals surface area contributed by atoms with E-state index in [-0.39, 0.29) is 11.0 Å². The summed E-state index contributed by atoms with van der Waals surface area (Å²) < 4.78 is 2.25. The molecule has 0 amide bonds. The Morgan fingerprint density at radius 1 is 0.650 bits per heavy atom. The molecule has 2 nitrogen and oxygen atoms in total. The summed E-state index contributed by atoms with van der Waals surface area (Å²) in [5.41, 5.74) is 4.85. The van der Waals surface area contributed by atoms with Gasteiger partial charge in [0.15, 0.2) is 0 Å². The predicted octanol–water partition coefficient (Wildman–Crippen LogP) is 6.72. The van der Waals surface area contributed by atoms with Crippen molar-refractivity contribution >= 4 is 34.2 Å². The van der Waals surface area contributed by atoms with Crippen LogP contribution in [0.5, 0.6) is 0 Å². The smallest absolute Gasteiger partial charge is 0.0966 e. The van der Waals surface area contributed by atoms with E-state index in [1.54, 1.807) is 0 Å². The second kappa shape index (κ2) is 13.3. The molecule has 6 aromatic rings. The molecule has 0 bridgehead atoms. The van der Waals surface area contributed by atoms with Crippen LogP contribution < -0.4 is 5.19 Å². The number of aromatic nitrogens is 2. The van der Waals surface area contributed by atoms with Gasteiger partial charge >= 0.3 is 0 Å². The lowest BCUT2D eigenvalue weighted by atomic mass is 9.76. The normalized spacial score (nSPS) is 11.3. The highest BCUT2D eigenvalue weighted by molar-refractivity contribution is 6.58. The van der Waals surface area contributed by atoms with Crippen molar-refractivity contribution in [3.63, 3.8) is 0 Å². The van der Waals surface area contributed by atoms with Crippen molar-refractivity contribution in [3.05, 3.63) is 192 Å². The van der Waals surface area contributed by atoms with Gasteiger partial charge in [0.05, 0.1) is 28.9 Å². The van der Waals surface area contributed by atoms with Crippen LogP contribution in [-0.4, -0.2) is 26.9 Å². The Labute approximate surface area is 245 Å². The maximum absolute atomic E-state index is 6.29. The van der Waals surface area contributed by atoms with E-state index in [9.17, 15) is 0 Å². The Morgan fingerprint density at radius 3 is 1.60 bits per heavy atom. The van der Waals surface area contributed by atoms with Crippen molar-refractivity contribution in [2.75, 3.05) is 0 Å². The van der Waals surface area contributed by atoms with Crippen molar-refractivity contribution in [2.24, 2.45) is 0 Å². The van der Waals surface area contributed by atoms with Crippen LogP contribution in [0.2, 0.25) is 5.02 Å². The topological polar surface area (TPSA) is 17.8 Å². The zero-order chi connectivity index (χ0) is 27.6. The van der Waals surface area contributed by atoms with E-state index in [4.69, 9.17) is 19.4 Å². The highest BCUT2D eigenvalue weighted by Crippen LogP contribution is 2.33. The minimum Gasteiger partial charge on any atom is -0.326 e. The first-order valence-electron chi connectivity index (χ1n) is 13.4. The molecule has 0 atom stereocenters. The minimum atomic E-state index is -0.853. The summed E-state index contributed by atoms with van der Waals surface area (Å²) >= 11 is 6.29. The Balaban J connectivity index is 0.000000194. The predicted molar refractivity (Wildman–Crippen MR) is 171 cm³/mol. The SMILES string of the molecule is Clc1cccc([SiH2]C(c2ccccc2)(c2ccccc2)n2ccnc2)c1.[B]C(c1ccccc1)c1ccccc1. The lowest BCUT2D eigenvalue weighted by Crippen LogP contribution is -2.46. The molecule has 0 aliphatic rings.